The first kappa shape index (κ1) is 18.2. The van der Waals surface area contributed by atoms with Crippen LogP contribution < -0.4 is 15.2 Å². The molecule has 0 aliphatic carbocycles. The molecule has 4 rings (SSSR count). The Hall–Kier alpha value is -4.14. The number of nitrogens with zero attached hydrogens (tertiary/aromatic N) is 4. The average molecular weight is 392 g/mol. The highest BCUT2D eigenvalue weighted by molar-refractivity contribution is 5.86. The van der Waals surface area contributed by atoms with Crippen LogP contribution in [0, 0.1) is 0 Å². The number of ether oxygens (including phenoxy) is 2. The van der Waals surface area contributed by atoms with Crippen LogP contribution in [-0.2, 0) is 0 Å². The van der Waals surface area contributed by atoms with Crippen molar-refractivity contribution >= 4 is 17.1 Å². The van der Waals surface area contributed by atoms with Gasteiger partial charge in [-0.25, -0.2) is 24.1 Å². The van der Waals surface area contributed by atoms with Crippen LogP contribution in [0.3, 0.4) is 0 Å². The maximum absolute atomic E-state index is 12.7. The minimum atomic E-state index is -1.37. The molecule has 0 atom stereocenters. The van der Waals surface area contributed by atoms with Gasteiger partial charge in [0.2, 0.25) is 5.95 Å². The zero-order chi connectivity index (χ0) is 20.5. The second-order valence-electron chi connectivity index (χ2n) is 6.07. The Kier molecular flexibility index (Phi) is 4.47. The smallest absolute Gasteiger partial charge is 0.420 e. The number of imidazole rings is 1. The van der Waals surface area contributed by atoms with E-state index in [0.717, 1.165) is 5.56 Å². The van der Waals surface area contributed by atoms with E-state index in [0.29, 0.717) is 27.1 Å². The number of carboxylic acid groups (broad SMARTS) is 1. The Morgan fingerprint density at radius 2 is 1.59 bits per heavy atom. The van der Waals surface area contributed by atoms with Gasteiger partial charge in [0.1, 0.15) is 0 Å². The van der Waals surface area contributed by atoms with Crippen LogP contribution in [0.4, 0.5) is 4.79 Å². The van der Waals surface area contributed by atoms with Gasteiger partial charge in [0, 0.05) is 18.0 Å². The van der Waals surface area contributed by atoms with Gasteiger partial charge in [-0.2, -0.15) is 4.57 Å². The lowest BCUT2D eigenvalue weighted by atomic mass is 10.1. The number of fused-ring (bicyclic) bond motifs is 1. The summed E-state index contributed by atoms with van der Waals surface area (Å²) in [6.45, 7) is 0. The number of carbonyl (C=O) groups is 1. The van der Waals surface area contributed by atoms with Crippen molar-refractivity contribution in [3.05, 3.63) is 65.3 Å². The van der Waals surface area contributed by atoms with Gasteiger partial charge in [-0.3, -0.25) is 0 Å². The van der Waals surface area contributed by atoms with E-state index in [1.165, 1.54) is 4.57 Å². The minimum Gasteiger partial charge on any atom is -0.493 e. The van der Waals surface area contributed by atoms with Crippen LogP contribution in [0.1, 0.15) is 0 Å². The molecule has 29 heavy (non-hydrogen) atoms. The third-order valence-electron chi connectivity index (χ3n) is 4.49. The molecule has 0 bridgehead atoms. The van der Waals surface area contributed by atoms with Crippen LogP contribution in [0.5, 0.6) is 11.5 Å². The summed E-state index contributed by atoms with van der Waals surface area (Å²) in [5.74, 6) is 1.24. The van der Waals surface area contributed by atoms with E-state index in [-0.39, 0.29) is 11.5 Å². The summed E-state index contributed by atoms with van der Waals surface area (Å²) in [6.07, 6.45) is 1.75. The van der Waals surface area contributed by atoms with E-state index in [2.05, 4.69) is 9.97 Å². The molecule has 2 aromatic heterocycles. The van der Waals surface area contributed by atoms with E-state index in [1.54, 1.807) is 63.0 Å². The van der Waals surface area contributed by atoms with E-state index in [9.17, 15) is 14.7 Å². The molecule has 0 saturated heterocycles. The third kappa shape index (κ3) is 2.98. The number of methoxy groups -OCH3 is 2. The second kappa shape index (κ2) is 7.12. The van der Waals surface area contributed by atoms with Gasteiger partial charge < -0.3 is 14.6 Å². The SMILES string of the molecule is COc1ccc(-c2cnc(-n3c(=O)n(C(=O)O)c4ccccc43)nc2)cc1OC. The van der Waals surface area contributed by atoms with Crippen molar-refractivity contribution in [1.29, 1.82) is 0 Å². The lowest BCUT2D eigenvalue weighted by Crippen LogP contribution is -2.28. The predicted octanol–water partition coefficient (Wildman–Crippen LogP) is 2.79. The standard InChI is InChI=1S/C20H16N4O5/c1-28-16-8-7-12(9-17(16)29-2)13-10-21-18(22-11-13)23-14-5-3-4-6-15(14)24(19(23)25)20(26)27/h3-11H,1-2H3,(H,26,27). The van der Waals surface area contributed by atoms with E-state index >= 15 is 0 Å². The van der Waals surface area contributed by atoms with Gasteiger partial charge in [-0.05, 0) is 29.8 Å². The fourth-order valence-corrected chi connectivity index (χ4v) is 3.13. The van der Waals surface area contributed by atoms with Gasteiger partial charge in [-0.1, -0.05) is 18.2 Å². The van der Waals surface area contributed by atoms with Crippen molar-refractivity contribution in [1.82, 2.24) is 19.1 Å². The second-order valence-corrected chi connectivity index (χ2v) is 6.07. The Bertz CT molecular complexity index is 1270. The summed E-state index contributed by atoms with van der Waals surface area (Å²) < 4.78 is 12.4. The zero-order valence-corrected chi connectivity index (χ0v) is 15.6. The Balaban J connectivity index is 1.81. The molecular formula is C20H16N4O5. The highest BCUT2D eigenvalue weighted by Crippen LogP contribution is 2.31. The summed E-state index contributed by atoms with van der Waals surface area (Å²) in [5, 5.41) is 9.40. The molecule has 0 spiro atoms. The zero-order valence-electron chi connectivity index (χ0n) is 15.6. The summed E-state index contributed by atoms with van der Waals surface area (Å²) in [6, 6.07) is 12.0. The fraction of sp³-hybridized carbons (Fsp3) is 0.100. The fourth-order valence-electron chi connectivity index (χ4n) is 3.13. The average Bonchev–Trinajstić information content (AvgIpc) is 3.05. The number of rotatable bonds is 4. The molecule has 4 aromatic rings. The minimum absolute atomic E-state index is 0.0791. The molecule has 2 aromatic carbocycles. The van der Waals surface area contributed by atoms with E-state index in [1.807, 2.05) is 6.07 Å². The topological polar surface area (TPSA) is 108 Å². The Labute approximate surface area is 164 Å². The molecule has 2 heterocycles. The summed E-state index contributed by atoms with van der Waals surface area (Å²) in [7, 11) is 3.10. The van der Waals surface area contributed by atoms with Crippen molar-refractivity contribution in [3.63, 3.8) is 0 Å². The third-order valence-corrected chi connectivity index (χ3v) is 4.49. The monoisotopic (exact) mass is 392 g/mol. The number of benzene rings is 2. The lowest BCUT2D eigenvalue weighted by Gasteiger charge is -2.09. The Morgan fingerprint density at radius 1 is 0.931 bits per heavy atom. The highest BCUT2D eigenvalue weighted by atomic mass is 16.5. The summed E-state index contributed by atoms with van der Waals surface area (Å²) >= 11 is 0. The van der Waals surface area contributed by atoms with Gasteiger partial charge in [0.15, 0.2) is 11.5 Å². The van der Waals surface area contributed by atoms with Gasteiger partial charge in [-0.15, -0.1) is 0 Å². The van der Waals surface area contributed by atoms with Crippen LogP contribution in [-0.4, -0.2) is 44.5 Å². The molecule has 1 N–H and O–H groups in total. The van der Waals surface area contributed by atoms with Crippen LogP contribution in [0.2, 0.25) is 0 Å². The molecule has 0 aliphatic heterocycles. The first-order valence-corrected chi connectivity index (χ1v) is 8.55. The molecule has 9 nitrogen and oxygen atoms in total. The van der Waals surface area contributed by atoms with Crippen molar-refractivity contribution in [3.8, 4) is 28.6 Å². The number of hydrogen-bond acceptors (Lipinski definition) is 6. The number of aromatic nitrogens is 4. The first-order valence-electron chi connectivity index (χ1n) is 8.55. The quantitative estimate of drug-likeness (QED) is 0.569. The van der Waals surface area contributed by atoms with Crippen LogP contribution in [0.25, 0.3) is 28.1 Å². The van der Waals surface area contributed by atoms with E-state index < -0.39 is 11.8 Å². The molecular weight excluding hydrogens is 376 g/mol. The number of hydrogen-bond donors (Lipinski definition) is 1. The van der Waals surface area contributed by atoms with Gasteiger partial charge >= 0.3 is 11.8 Å². The molecule has 0 saturated carbocycles. The molecule has 0 radical (unpaired) electrons. The largest absolute Gasteiger partial charge is 0.493 e. The lowest BCUT2D eigenvalue weighted by molar-refractivity contribution is 0.196. The summed E-state index contributed by atoms with van der Waals surface area (Å²) in [5.41, 5.74) is 1.41. The highest BCUT2D eigenvalue weighted by Gasteiger charge is 2.20. The molecule has 9 heteroatoms. The first-order chi connectivity index (χ1) is 14.0. The predicted molar refractivity (Wildman–Crippen MR) is 105 cm³/mol. The van der Waals surface area contributed by atoms with Gasteiger partial charge in [0.05, 0.1) is 25.3 Å². The number of para-hydroxylation sites is 2. The maximum atomic E-state index is 12.7. The Morgan fingerprint density at radius 3 is 2.21 bits per heavy atom. The van der Waals surface area contributed by atoms with E-state index in [4.69, 9.17) is 9.47 Å². The molecule has 146 valence electrons. The normalized spacial score (nSPS) is 10.8. The maximum Gasteiger partial charge on any atom is 0.420 e. The molecule has 0 unspecified atom stereocenters. The van der Waals surface area contributed by atoms with Crippen molar-refractivity contribution < 1.29 is 19.4 Å². The van der Waals surface area contributed by atoms with Crippen molar-refractivity contribution in [2.24, 2.45) is 0 Å². The molecule has 0 aliphatic rings. The molecule has 0 fully saturated rings. The summed E-state index contributed by atoms with van der Waals surface area (Å²) in [4.78, 5) is 32.8. The van der Waals surface area contributed by atoms with Crippen LogP contribution >= 0.6 is 0 Å². The van der Waals surface area contributed by atoms with Crippen LogP contribution in [0.15, 0.2) is 59.7 Å². The van der Waals surface area contributed by atoms with Gasteiger partial charge in [0.25, 0.3) is 0 Å². The molecule has 0 amide bonds. The van der Waals surface area contributed by atoms with Crippen molar-refractivity contribution in [2.45, 2.75) is 0 Å². The van der Waals surface area contributed by atoms with Crippen molar-refractivity contribution in [2.75, 3.05) is 14.2 Å².